The molecule has 3 nitrogen and oxygen atoms in total. The van der Waals surface area contributed by atoms with Crippen LogP contribution in [0, 0.1) is 10.1 Å². The molecule has 0 unspecified atom stereocenters. The number of nitro benzene ring substituents is 1. The fourth-order valence-electron chi connectivity index (χ4n) is 1.08. The van der Waals surface area contributed by atoms with Crippen molar-refractivity contribution in [3.63, 3.8) is 0 Å². The van der Waals surface area contributed by atoms with Crippen LogP contribution in [0.3, 0.4) is 0 Å². The molecule has 0 fully saturated rings. The van der Waals surface area contributed by atoms with Gasteiger partial charge in [0.15, 0.2) is 0 Å². The topological polar surface area (TPSA) is 43.1 Å². The van der Waals surface area contributed by atoms with E-state index in [1.807, 2.05) is 0 Å². The van der Waals surface area contributed by atoms with Crippen LogP contribution in [0.1, 0.15) is 11.1 Å². The third-order valence-electron chi connectivity index (χ3n) is 1.83. The van der Waals surface area contributed by atoms with E-state index in [9.17, 15) is 23.3 Å². The first-order chi connectivity index (χ1) is 7.27. The van der Waals surface area contributed by atoms with E-state index in [0.29, 0.717) is 6.07 Å². The van der Waals surface area contributed by atoms with Gasteiger partial charge in [-0.3, -0.25) is 10.1 Å². The second-order valence-electron chi connectivity index (χ2n) is 2.84. The van der Waals surface area contributed by atoms with Gasteiger partial charge in [0, 0.05) is 10.5 Å². The molecule has 0 aliphatic carbocycles. The van der Waals surface area contributed by atoms with E-state index in [1.54, 1.807) is 0 Å². The van der Waals surface area contributed by atoms with Crippen molar-refractivity contribution in [3.05, 3.63) is 37.8 Å². The van der Waals surface area contributed by atoms with Gasteiger partial charge in [-0.25, -0.2) is 0 Å². The number of benzene rings is 1. The van der Waals surface area contributed by atoms with E-state index in [2.05, 4.69) is 15.9 Å². The minimum atomic E-state index is -4.63. The van der Waals surface area contributed by atoms with Crippen molar-refractivity contribution in [2.24, 2.45) is 0 Å². The summed E-state index contributed by atoms with van der Waals surface area (Å²) in [6.07, 6.45) is -4.63. The van der Waals surface area contributed by atoms with E-state index in [1.165, 1.54) is 0 Å². The molecule has 0 spiro atoms. The highest BCUT2D eigenvalue weighted by Crippen LogP contribution is 2.37. The summed E-state index contributed by atoms with van der Waals surface area (Å²) in [5, 5.41) is 10.6. The van der Waals surface area contributed by atoms with Crippen LogP contribution in [-0.4, -0.2) is 4.92 Å². The molecule has 8 heteroatoms. The second-order valence-corrected chi connectivity index (χ2v) is 3.97. The average Bonchev–Trinajstić information content (AvgIpc) is 2.14. The molecule has 16 heavy (non-hydrogen) atoms. The zero-order valence-electron chi connectivity index (χ0n) is 7.52. The molecule has 0 N–H and O–H groups in total. The van der Waals surface area contributed by atoms with Gasteiger partial charge in [-0.05, 0) is 6.07 Å². The molecular formula is C8H4BrClF3NO2. The van der Waals surface area contributed by atoms with E-state index in [-0.39, 0.29) is 15.9 Å². The number of alkyl halides is 4. The van der Waals surface area contributed by atoms with Crippen LogP contribution in [-0.2, 0) is 12.1 Å². The highest BCUT2D eigenvalue weighted by atomic mass is 79.9. The van der Waals surface area contributed by atoms with Gasteiger partial charge < -0.3 is 0 Å². The standard InChI is InChI=1S/C8H4BrClF3NO2/c9-6-1-4(8(11,12)13)2-7(14(15)16)5(6)3-10/h1-2H,3H2. The van der Waals surface area contributed by atoms with Gasteiger partial charge >= 0.3 is 6.18 Å². The molecule has 1 aromatic rings. The third-order valence-corrected chi connectivity index (χ3v) is 2.80. The largest absolute Gasteiger partial charge is 0.416 e. The third kappa shape index (κ3) is 2.65. The van der Waals surface area contributed by atoms with Crippen LogP contribution in [0.4, 0.5) is 18.9 Å². The Labute approximate surface area is 101 Å². The van der Waals surface area contributed by atoms with Gasteiger partial charge in [0.25, 0.3) is 5.69 Å². The molecule has 0 amide bonds. The summed E-state index contributed by atoms with van der Waals surface area (Å²) in [6, 6.07) is 1.24. The lowest BCUT2D eigenvalue weighted by atomic mass is 10.1. The van der Waals surface area contributed by atoms with Crippen LogP contribution in [0.5, 0.6) is 0 Å². The predicted octanol–water partition coefficient (Wildman–Crippen LogP) is 4.11. The first-order valence-corrected chi connectivity index (χ1v) is 5.20. The zero-order chi connectivity index (χ0) is 12.5. The number of hydrogen-bond acceptors (Lipinski definition) is 2. The van der Waals surface area contributed by atoms with Crippen molar-refractivity contribution in [2.45, 2.75) is 12.1 Å². The molecule has 1 rings (SSSR count). The van der Waals surface area contributed by atoms with Crippen LogP contribution in [0.15, 0.2) is 16.6 Å². The first-order valence-electron chi connectivity index (χ1n) is 3.87. The minimum Gasteiger partial charge on any atom is -0.258 e. The summed E-state index contributed by atoms with van der Waals surface area (Å²) < 4.78 is 37.1. The molecular weight excluding hydrogens is 314 g/mol. The zero-order valence-corrected chi connectivity index (χ0v) is 9.86. The van der Waals surface area contributed by atoms with Gasteiger partial charge in [0.2, 0.25) is 0 Å². The molecule has 0 heterocycles. The van der Waals surface area contributed by atoms with Crippen molar-refractivity contribution >= 4 is 33.2 Å². The molecule has 88 valence electrons. The molecule has 0 radical (unpaired) electrons. The van der Waals surface area contributed by atoms with Gasteiger partial charge in [0.05, 0.1) is 21.9 Å². The van der Waals surface area contributed by atoms with Crippen molar-refractivity contribution in [2.75, 3.05) is 0 Å². The number of hydrogen-bond donors (Lipinski definition) is 0. The Morgan fingerprint density at radius 2 is 2.00 bits per heavy atom. The van der Waals surface area contributed by atoms with Crippen molar-refractivity contribution in [1.82, 2.24) is 0 Å². The van der Waals surface area contributed by atoms with E-state index < -0.39 is 22.4 Å². The van der Waals surface area contributed by atoms with Gasteiger partial charge in [-0.15, -0.1) is 11.6 Å². The summed E-state index contributed by atoms with van der Waals surface area (Å²) >= 11 is 8.26. The summed E-state index contributed by atoms with van der Waals surface area (Å²) in [5.41, 5.74) is -1.70. The Kier molecular flexibility index (Phi) is 3.80. The predicted molar refractivity (Wildman–Crippen MR) is 55.4 cm³/mol. The number of nitro groups is 1. The van der Waals surface area contributed by atoms with Crippen molar-refractivity contribution in [3.8, 4) is 0 Å². The summed E-state index contributed by atoms with van der Waals surface area (Å²) in [7, 11) is 0. The molecule has 1 aromatic carbocycles. The lowest BCUT2D eigenvalue weighted by Gasteiger charge is -2.09. The van der Waals surface area contributed by atoms with Crippen LogP contribution in [0.2, 0.25) is 0 Å². The average molecular weight is 318 g/mol. The maximum absolute atomic E-state index is 12.4. The van der Waals surface area contributed by atoms with Crippen LogP contribution in [0.25, 0.3) is 0 Å². The van der Waals surface area contributed by atoms with Crippen LogP contribution >= 0.6 is 27.5 Å². The molecule has 0 aliphatic heterocycles. The second kappa shape index (κ2) is 4.58. The monoisotopic (exact) mass is 317 g/mol. The van der Waals surface area contributed by atoms with Gasteiger partial charge in [-0.1, -0.05) is 15.9 Å². The first kappa shape index (κ1) is 13.2. The molecule has 0 atom stereocenters. The lowest BCUT2D eigenvalue weighted by Crippen LogP contribution is -2.07. The Bertz CT molecular complexity index is 436. The van der Waals surface area contributed by atoms with Gasteiger partial charge in [0.1, 0.15) is 0 Å². The Morgan fingerprint density at radius 3 is 2.38 bits per heavy atom. The molecule has 0 saturated heterocycles. The lowest BCUT2D eigenvalue weighted by molar-refractivity contribution is -0.385. The smallest absolute Gasteiger partial charge is 0.258 e. The summed E-state index contributed by atoms with van der Waals surface area (Å²) in [5.74, 6) is -0.241. The minimum absolute atomic E-state index is 0.0241. The quantitative estimate of drug-likeness (QED) is 0.468. The van der Waals surface area contributed by atoms with Crippen molar-refractivity contribution in [1.29, 1.82) is 0 Å². The number of nitrogens with zero attached hydrogens (tertiary/aromatic N) is 1. The summed E-state index contributed by atoms with van der Waals surface area (Å²) in [6.45, 7) is 0. The summed E-state index contributed by atoms with van der Waals surface area (Å²) in [4.78, 5) is 9.68. The van der Waals surface area contributed by atoms with E-state index in [4.69, 9.17) is 11.6 Å². The fourth-order valence-corrected chi connectivity index (χ4v) is 2.11. The highest BCUT2D eigenvalue weighted by Gasteiger charge is 2.34. The highest BCUT2D eigenvalue weighted by molar-refractivity contribution is 9.10. The Hall–Kier alpha value is -0.820. The fraction of sp³-hybridized carbons (Fsp3) is 0.250. The Morgan fingerprint density at radius 1 is 1.44 bits per heavy atom. The molecule has 0 saturated carbocycles. The SMILES string of the molecule is O=[N+]([O-])c1cc(C(F)(F)F)cc(Br)c1CCl. The maximum Gasteiger partial charge on any atom is 0.416 e. The van der Waals surface area contributed by atoms with E-state index >= 15 is 0 Å². The van der Waals surface area contributed by atoms with Crippen molar-refractivity contribution < 1.29 is 18.1 Å². The van der Waals surface area contributed by atoms with Gasteiger partial charge in [-0.2, -0.15) is 13.2 Å². The molecule has 0 bridgehead atoms. The molecule has 0 aliphatic rings. The Balaban J connectivity index is 3.46. The normalized spacial score (nSPS) is 11.6. The number of rotatable bonds is 2. The maximum atomic E-state index is 12.4. The van der Waals surface area contributed by atoms with Crippen LogP contribution < -0.4 is 0 Å². The van der Waals surface area contributed by atoms with E-state index in [0.717, 1.165) is 6.07 Å². The number of halogens is 5. The molecule has 0 aromatic heterocycles.